The first-order valence-corrected chi connectivity index (χ1v) is 6.90. The fraction of sp³-hybridized carbons (Fsp3) is 0.400. The number of rotatable bonds is 6. The topological polar surface area (TPSA) is 96.4 Å². The number of nitrogens with zero attached hydrogens (tertiary/aromatic N) is 1. The van der Waals surface area contributed by atoms with E-state index in [4.69, 9.17) is 5.11 Å². The minimum absolute atomic E-state index is 0.0447. The van der Waals surface area contributed by atoms with Gasteiger partial charge in [-0.15, -0.1) is 0 Å². The van der Waals surface area contributed by atoms with Crippen LogP contribution in [0.25, 0.3) is 0 Å². The van der Waals surface area contributed by atoms with Crippen LogP contribution >= 0.6 is 0 Å². The van der Waals surface area contributed by atoms with E-state index in [9.17, 15) is 13.2 Å². The SMILES string of the molecule is CCS(=O)(=O)CCNc1ccc(C(=O)O)nc1. The molecule has 1 aromatic heterocycles. The van der Waals surface area contributed by atoms with E-state index in [-0.39, 0.29) is 23.7 Å². The van der Waals surface area contributed by atoms with Gasteiger partial charge in [0.25, 0.3) is 0 Å². The van der Waals surface area contributed by atoms with E-state index in [1.165, 1.54) is 12.3 Å². The Morgan fingerprint density at radius 1 is 1.47 bits per heavy atom. The summed E-state index contributed by atoms with van der Waals surface area (Å²) in [5, 5.41) is 11.5. The van der Waals surface area contributed by atoms with Crippen molar-refractivity contribution in [2.24, 2.45) is 0 Å². The molecule has 0 aliphatic heterocycles. The van der Waals surface area contributed by atoms with Gasteiger partial charge in [0.1, 0.15) is 5.69 Å². The molecule has 1 aromatic rings. The Balaban J connectivity index is 2.51. The fourth-order valence-corrected chi connectivity index (χ4v) is 1.82. The zero-order valence-corrected chi connectivity index (χ0v) is 10.2. The number of carboxylic acids is 1. The number of carboxylic acid groups (broad SMARTS) is 1. The van der Waals surface area contributed by atoms with Crippen LogP contribution in [0.15, 0.2) is 18.3 Å². The molecule has 0 radical (unpaired) electrons. The maximum atomic E-state index is 11.2. The molecule has 0 fully saturated rings. The molecule has 0 atom stereocenters. The largest absolute Gasteiger partial charge is 0.477 e. The van der Waals surface area contributed by atoms with Gasteiger partial charge in [-0.05, 0) is 12.1 Å². The molecule has 1 heterocycles. The third-order valence-corrected chi connectivity index (χ3v) is 3.87. The summed E-state index contributed by atoms with van der Waals surface area (Å²) < 4.78 is 22.4. The van der Waals surface area contributed by atoms with E-state index < -0.39 is 15.8 Å². The van der Waals surface area contributed by atoms with Crippen LogP contribution in [0.2, 0.25) is 0 Å². The van der Waals surface area contributed by atoms with E-state index in [1.807, 2.05) is 0 Å². The molecule has 0 spiro atoms. The van der Waals surface area contributed by atoms with Gasteiger partial charge < -0.3 is 10.4 Å². The zero-order valence-electron chi connectivity index (χ0n) is 9.38. The first-order valence-electron chi connectivity index (χ1n) is 5.08. The van der Waals surface area contributed by atoms with E-state index >= 15 is 0 Å². The summed E-state index contributed by atoms with van der Waals surface area (Å²) in [6.07, 6.45) is 1.36. The van der Waals surface area contributed by atoms with E-state index in [0.29, 0.717) is 5.69 Å². The van der Waals surface area contributed by atoms with Crippen molar-refractivity contribution in [2.75, 3.05) is 23.4 Å². The van der Waals surface area contributed by atoms with Crippen LogP contribution in [0.5, 0.6) is 0 Å². The third-order valence-electron chi connectivity index (χ3n) is 2.16. The van der Waals surface area contributed by atoms with Crippen molar-refractivity contribution < 1.29 is 18.3 Å². The van der Waals surface area contributed by atoms with Gasteiger partial charge in [0, 0.05) is 12.3 Å². The molecule has 0 unspecified atom stereocenters. The second kappa shape index (κ2) is 5.62. The summed E-state index contributed by atoms with van der Waals surface area (Å²) >= 11 is 0. The van der Waals surface area contributed by atoms with E-state index in [0.717, 1.165) is 0 Å². The van der Waals surface area contributed by atoms with Crippen molar-refractivity contribution in [2.45, 2.75) is 6.92 Å². The standard InChI is InChI=1S/C10H14N2O4S/c1-2-17(15,16)6-5-11-8-3-4-9(10(13)14)12-7-8/h3-4,7,11H,2,5-6H2,1H3,(H,13,14). The van der Waals surface area contributed by atoms with E-state index in [2.05, 4.69) is 10.3 Å². The summed E-state index contributed by atoms with van der Waals surface area (Å²) in [6, 6.07) is 2.91. The highest BCUT2D eigenvalue weighted by Crippen LogP contribution is 2.05. The molecule has 0 aliphatic carbocycles. The minimum atomic E-state index is -2.99. The van der Waals surface area contributed by atoms with Gasteiger partial charge in [-0.2, -0.15) is 0 Å². The number of hydrogen-bond acceptors (Lipinski definition) is 5. The molecule has 7 heteroatoms. The summed E-state index contributed by atoms with van der Waals surface area (Å²) in [5.74, 6) is -0.931. The third kappa shape index (κ3) is 4.39. The van der Waals surface area contributed by atoms with Gasteiger partial charge in [-0.3, -0.25) is 0 Å². The van der Waals surface area contributed by atoms with Crippen LogP contribution < -0.4 is 5.32 Å². The number of aromatic nitrogens is 1. The molecule has 0 amide bonds. The molecular formula is C10H14N2O4S. The number of anilines is 1. The predicted octanol–water partition coefficient (Wildman–Crippen LogP) is 0.626. The number of hydrogen-bond donors (Lipinski definition) is 2. The minimum Gasteiger partial charge on any atom is -0.477 e. The lowest BCUT2D eigenvalue weighted by Gasteiger charge is -2.05. The average molecular weight is 258 g/mol. The Morgan fingerprint density at radius 2 is 2.18 bits per heavy atom. The monoisotopic (exact) mass is 258 g/mol. The van der Waals surface area contributed by atoms with Crippen LogP contribution in [0, 0.1) is 0 Å². The number of aromatic carboxylic acids is 1. The Hall–Kier alpha value is -1.63. The Labute approximate surface area is 99.6 Å². The Morgan fingerprint density at radius 3 is 2.65 bits per heavy atom. The maximum absolute atomic E-state index is 11.2. The van der Waals surface area contributed by atoms with Gasteiger partial charge in [0.05, 0.1) is 17.6 Å². The summed E-state index contributed by atoms with van der Waals surface area (Å²) in [4.78, 5) is 14.2. The number of carbonyl (C=O) groups is 1. The van der Waals surface area contributed by atoms with Crippen LogP contribution in [0.3, 0.4) is 0 Å². The fourth-order valence-electron chi connectivity index (χ4n) is 1.12. The first kappa shape index (κ1) is 13.4. The van der Waals surface area contributed by atoms with Crippen molar-refractivity contribution in [3.8, 4) is 0 Å². The molecule has 1 rings (SSSR count). The van der Waals surface area contributed by atoms with Crippen LogP contribution in [-0.2, 0) is 9.84 Å². The van der Waals surface area contributed by atoms with Crippen molar-refractivity contribution in [1.82, 2.24) is 4.98 Å². The number of nitrogens with one attached hydrogen (secondary N) is 1. The normalized spacial score (nSPS) is 11.1. The van der Waals surface area contributed by atoms with Crippen molar-refractivity contribution in [1.29, 1.82) is 0 Å². The maximum Gasteiger partial charge on any atom is 0.354 e. The molecule has 2 N–H and O–H groups in total. The van der Waals surface area contributed by atoms with Crippen LogP contribution in [-0.4, -0.2) is 42.5 Å². The highest BCUT2D eigenvalue weighted by Gasteiger charge is 2.07. The van der Waals surface area contributed by atoms with Gasteiger partial charge in [0.2, 0.25) is 0 Å². The van der Waals surface area contributed by atoms with Crippen LogP contribution in [0.4, 0.5) is 5.69 Å². The lowest BCUT2D eigenvalue weighted by atomic mass is 10.3. The number of pyridine rings is 1. The molecule has 6 nitrogen and oxygen atoms in total. The quantitative estimate of drug-likeness (QED) is 0.776. The van der Waals surface area contributed by atoms with Gasteiger partial charge in [-0.25, -0.2) is 18.2 Å². The molecule has 0 bridgehead atoms. The summed E-state index contributed by atoms with van der Waals surface area (Å²) in [5.41, 5.74) is 0.554. The van der Waals surface area contributed by atoms with Crippen molar-refractivity contribution in [3.05, 3.63) is 24.0 Å². The van der Waals surface area contributed by atoms with Gasteiger partial charge in [0.15, 0.2) is 9.84 Å². The lowest BCUT2D eigenvalue weighted by molar-refractivity contribution is 0.0690. The average Bonchev–Trinajstić information content (AvgIpc) is 2.29. The predicted molar refractivity (Wildman–Crippen MR) is 64.0 cm³/mol. The smallest absolute Gasteiger partial charge is 0.354 e. The Kier molecular flexibility index (Phi) is 4.45. The van der Waals surface area contributed by atoms with Gasteiger partial charge in [-0.1, -0.05) is 6.92 Å². The highest BCUT2D eigenvalue weighted by molar-refractivity contribution is 7.91. The summed E-state index contributed by atoms with van der Waals surface area (Å²) in [6.45, 7) is 1.88. The molecule has 94 valence electrons. The first-order chi connectivity index (χ1) is 7.94. The second-order valence-corrected chi connectivity index (χ2v) is 5.87. The Bertz CT molecular complexity index is 482. The second-order valence-electron chi connectivity index (χ2n) is 3.40. The molecule has 0 saturated heterocycles. The highest BCUT2D eigenvalue weighted by atomic mass is 32.2. The van der Waals surface area contributed by atoms with Crippen molar-refractivity contribution in [3.63, 3.8) is 0 Å². The molecule has 0 saturated carbocycles. The van der Waals surface area contributed by atoms with Crippen molar-refractivity contribution >= 4 is 21.5 Å². The summed E-state index contributed by atoms with van der Waals surface area (Å²) in [7, 11) is -2.99. The van der Waals surface area contributed by atoms with E-state index in [1.54, 1.807) is 13.0 Å². The molecule has 17 heavy (non-hydrogen) atoms. The van der Waals surface area contributed by atoms with Crippen LogP contribution in [0.1, 0.15) is 17.4 Å². The van der Waals surface area contributed by atoms with Gasteiger partial charge >= 0.3 is 5.97 Å². The zero-order chi connectivity index (χ0) is 12.9. The molecular weight excluding hydrogens is 244 g/mol. The molecule has 0 aliphatic rings. The number of sulfone groups is 1. The lowest BCUT2D eigenvalue weighted by Crippen LogP contribution is -2.17. The molecule has 0 aromatic carbocycles.